The molecule has 4 heteroatoms. The van der Waals surface area contributed by atoms with Gasteiger partial charge in [-0.1, -0.05) is 25.1 Å². The SMILES string of the molecule is CCC1COCCN1Cc1c(CN)oc2ccccc12. The van der Waals surface area contributed by atoms with Crippen LogP contribution in [0.3, 0.4) is 0 Å². The Labute approximate surface area is 119 Å². The van der Waals surface area contributed by atoms with E-state index in [9.17, 15) is 0 Å². The van der Waals surface area contributed by atoms with Crippen LogP contribution >= 0.6 is 0 Å². The average molecular weight is 274 g/mol. The maximum atomic E-state index is 5.88. The van der Waals surface area contributed by atoms with Gasteiger partial charge in [-0.05, 0) is 12.5 Å². The van der Waals surface area contributed by atoms with Gasteiger partial charge in [-0.25, -0.2) is 0 Å². The van der Waals surface area contributed by atoms with Crippen LogP contribution in [0.4, 0.5) is 0 Å². The number of nitrogens with two attached hydrogens (primary N) is 1. The lowest BCUT2D eigenvalue weighted by Crippen LogP contribution is -2.44. The second-order valence-corrected chi connectivity index (χ2v) is 5.31. The molecule has 0 aliphatic carbocycles. The summed E-state index contributed by atoms with van der Waals surface area (Å²) in [6.07, 6.45) is 1.10. The summed E-state index contributed by atoms with van der Waals surface area (Å²) in [6, 6.07) is 8.67. The molecule has 0 spiro atoms. The van der Waals surface area contributed by atoms with E-state index < -0.39 is 0 Å². The summed E-state index contributed by atoms with van der Waals surface area (Å²) >= 11 is 0. The third-order valence-corrected chi connectivity index (χ3v) is 4.15. The molecule has 4 nitrogen and oxygen atoms in total. The van der Waals surface area contributed by atoms with Gasteiger partial charge in [0.05, 0.1) is 19.8 Å². The Bertz CT molecular complexity index is 579. The minimum Gasteiger partial charge on any atom is -0.459 e. The van der Waals surface area contributed by atoms with Crippen LogP contribution in [0.1, 0.15) is 24.7 Å². The van der Waals surface area contributed by atoms with Crippen molar-refractivity contribution in [3.63, 3.8) is 0 Å². The van der Waals surface area contributed by atoms with Gasteiger partial charge in [0.1, 0.15) is 11.3 Å². The molecule has 0 radical (unpaired) electrons. The predicted octanol–water partition coefficient (Wildman–Crippen LogP) is 2.50. The number of hydrogen-bond acceptors (Lipinski definition) is 4. The standard InChI is InChI=1S/C16H22N2O2/c1-2-12-11-19-8-7-18(12)10-14-13-5-3-4-6-15(13)20-16(14)9-17/h3-6,12H,2,7-11,17H2,1H3. The molecule has 3 rings (SSSR count). The number of benzene rings is 1. The quantitative estimate of drug-likeness (QED) is 0.930. The second kappa shape index (κ2) is 5.95. The molecule has 2 N–H and O–H groups in total. The van der Waals surface area contributed by atoms with E-state index in [1.807, 2.05) is 12.1 Å². The zero-order valence-corrected chi connectivity index (χ0v) is 12.0. The number of nitrogens with zero attached hydrogens (tertiary/aromatic N) is 1. The summed E-state index contributed by atoms with van der Waals surface area (Å²) < 4.78 is 11.5. The number of morpholine rings is 1. The van der Waals surface area contributed by atoms with Crippen molar-refractivity contribution in [2.24, 2.45) is 5.73 Å². The fraction of sp³-hybridized carbons (Fsp3) is 0.500. The first-order valence-corrected chi connectivity index (χ1v) is 7.34. The van der Waals surface area contributed by atoms with Crippen molar-refractivity contribution in [1.82, 2.24) is 4.90 Å². The molecule has 0 saturated carbocycles. The molecule has 1 aromatic heterocycles. The molecule has 1 aliphatic heterocycles. The van der Waals surface area contributed by atoms with E-state index in [0.717, 1.165) is 44.1 Å². The maximum Gasteiger partial charge on any atom is 0.134 e. The van der Waals surface area contributed by atoms with Crippen LogP contribution < -0.4 is 5.73 Å². The van der Waals surface area contributed by atoms with E-state index in [1.165, 1.54) is 10.9 Å². The van der Waals surface area contributed by atoms with Gasteiger partial charge >= 0.3 is 0 Å². The van der Waals surface area contributed by atoms with Crippen molar-refractivity contribution in [3.05, 3.63) is 35.6 Å². The predicted molar refractivity (Wildman–Crippen MR) is 79.4 cm³/mol. The van der Waals surface area contributed by atoms with E-state index in [1.54, 1.807) is 0 Å². The summed E-state index contributed by atoms with van der Waals surface area (Å²) in [4.78, 5) is 2.49. The Balaban J connectivity index is 1.92. The lowest BCUT2D eigenvalue weighted by atomic mass is 10.1. The highest BCUT2D eigenvalue weighted by atomic mass is 16.5. The van der Waals surface area contributed by atoms with Crippen LogP contribution in [0, 0.1) is 0 Å². The average Bonchev–Trinajstić information content (AvgIpc) is 2.86. The Morgan fingerprint density at radius 2 is 2.20 bits per heavy atom. The smallest absolute Gasteiger partial charge is 0.134 e. The van der Waals surface area contributed by atoms with E-state index >= 15 is 0 Å². The van der Waals surface area contributed by atoms with Crippen LogP contribution in [0.25, 0.3) is 11.0 Å². The minimum atomic E-state index is 0.450. The number of furan rings is 1. The molecule has 1 aromatic carbocycles. The summed E-state index contributed by atoms with van der Waals surface area (Å²) in [5.74, 6) is 0.910. The fourth-order valence-corrected chi connectivity index (χ4v) is 2.96. The topological polar surface area (TPSA) is 51.6 Å². The normalized spacial score (nSPS) is 20.6. The zero-order chi connectivity index (χ0) is 13.9. The molecule has 1 aliphatic rings. The first-order valence-electron chi connectivity index (χ1n) is 7.34. The molecule has 1 fully saturated rings. The van der Waals surface area contributed by atoms with Gasteiger partial charge in [-0.15, -0.1) is 0 Å². The number of fused-ring (bicyclic) bond motifs is 1. The molecule has 0 amide bonds. The Hall–Kier alpha value is -1.36. The first kappa shape index (κ1) is 13.6. The molecule has 20 heavy (non-hydrogen) atoms. The van der Waals surface area contributed by atoms with Crippen LogP contribution in [0.2, 0.25) is 0 Å². The van der Waals surface area contributed by atoms with Crippen molar-refractivity contribution in [2.45, 2.75) is 32.5 Å². The molecular formula is C16H22N2O2. The van der Waals surface area contributed by atoms with Gasteiger partial charge in [0, 0.05) is 30.1 Å². The van der Waals surface area contributed by atoms with Gasteiger partial charge in [0.2, 0.25) is 0 Å². The van der Waals surface area contributed by atoms with Crippen molar-refractivity contribution >= 4 is 11.0 Å². The Morgan fingerprint density at radius 1 is 1.35 bits per heavy atom. The van der Waals surface area contributed by atoms with Gasteiger partial charge in [-0.3, -0.25) is 4.90 Å². The highest BCUT2D eigenvalue weighted by molar-refractivity contribution is 5.82. The van der Waals surface area contributed by atoms with Gasteiger partial charge in [0.15, 0.2) is 0 Å². The number of rotatable bonds is 4. The molecule has 2 aromatic rings. The third-order valence-electron chi connectivity index (χ3n) is 4.15. The maximum absolute atomic E-state index is 5.88. The molecular weight excluding hydrogens is 252 g/mol. The number of ether oxygens (including phenoxy) is 1. The van der Waals surface area contributed by atoms with Crippen LogP contribution in [-0.4, -0.2) is 30.7 Å². The lowest BCUT2D eigenvalue weighted by molar-refractivity contribution is -0.0127. The largest absolute Gasteiger partial charge is 0.459 e. The Kier molecular flexibility index (Phi) is 4.05. The molecule has 108 valence electrons. The fourth-order valence-electron chi connectivity index (χ4n) is 2.96. The monoisotopic (exact) mass is 274 g/mol. The number of para-hydroxylation sites is 1. The van der Waals surface area contributed by atoms with Gasteiger partial charge in [0.25, 0.3) is 0 Å². The second-order valence-electron chi connectivity index (χ2n) is 5.31. The highest BCUT2D eigenvalue weighted by Gasteiger charge is 2.24. The Morgan fingerprint density at radius 3 is 3.00 bits per heavy atom. The highest BCUT2D eigenvalue weighted by Crippen LogP contribution is 2.28. The molecule has 1 unspecified atom stereocenters. The van der Waals surface area contributed by atoms with Crippen molar-refractivity contribution in [1.29, 1.82) is 0 Å². The summed E-state index contributed by atoms with van der Waals surface area (Å²) in [5.41, 5.74) is 8.02. The van der Waals surface area contributed by atoms with Crippen molar-refractivity contribution in [3.8, 4) is 0 Å². The zero-order valence-electron chi connectivity index (χ0n) is 12.0. The van der Waals surface area contributed by atoms with Crippen molar-refractivity contribution < 1.29 is 9.15 Å². The molecule has 1 saturated heterocycles. The van der Waals surface area contributed by atoms with Crippen LogP contribution in [0.15, 0.2) is 28.7 Å². The van der Waals surface area contributed by atoms with Crippen molar-refractivity contribution in [2.75, 3.05) is 19.8 Å². The lowest BCUT2D eigenvalue weighted by Gasteiger charge is -2.35. The molecule has 0 bridgehead atoms. The summed E-state index contributed by atoms with van der Waals surface area (Å²) in [6.45, 7) is 6.16. The van der Waals surface area contributed by atoms with Gasteiger partial charge < -0.3 is 14.9 Å². The molecule has 1 atom stereocenters. The molecule has 2 heterocycles. The van der Waals surface area contributed by atoms with Crippen LogP contribution in [-0.2, 0) is 17.8 Å². The minimum absolute atomic E-state index is 0.450. The van der Waals surface area contributed by atoms with Crippen LogP contribution in [0.5, 0.6) is 0 Å². The van der Waals surface area contributed by atoms with E-state index in [4.69, 9.17) is 14.9 Å². The van der Waals surface area contributed by atoms with E-state index in [2.05, 4.69) is 24.0 Å². The van der Waals surface area contributed by atoms with E-state index in [0.29, 0.717) is 12.6 Å². The first-order chi connectivity index (χ1) is 9.83. The summed E-state index contributed by atoms with van der Waals surface area (Å²) in [7, 11) is 0. The third kappa shape index (κ3) is 2.46. The van der Waals surface area contributed by atoms with Gasteiger partial charge in [-0.2, -0.15) is 0 Å². The summed E-state index contributed by atoms with van der Waals surface area (Å²) in [5, 5.41) is 1.19. The number of hydrogen-bond donors (Lipinski definition) is 1. The van der Waals surface area contributed by atoms with E-state index in [-0.39, 0.29) is 0 Å².